The zero-order chi connectivity index (χ0) is 11.4. The van der Waals surface area contributed by atoms with E-state index in [0.29, 0.717) is 6.42 Å². The van der Waals surface area contributed by atoms with Crippen molar-refractivity contribution in [3.8, 4) is 0 Å². The van der Waals surface area contributed by atoms with Gasteiger partial charge in [-0.2, -0.15) is 0 Å². The standard InChI is InChI=1S/C9H19O4P/c1-5-13-14(11,12)7-8(10)6-9(2,3)4/h5-7H2,1-4H3,(H,11,12). The Kier molecular flexibility index (Phi) is 4.99. The third-order valence-corrected chi connectivity index (χ3v) is 2.85. The monoisotopic (exact) mass is 222 g/mol. The van der Waals surface area contributed by atoms with Gasteiger partial charge in [0.1, 0.15) is 11.9 Å². The summed E-state index contributed by atoms with van der Waals surface area (Å²) in [5, 5.41) is 0. The molecule has 84 valence electrons. The SMILES string of the molecule is CCOP(=O)(O)CC(=O)CC(C)(C)C. The predicted octanol–water partition coefficient (Wildman–Crippen LogP) is 2.21. The van der Waals surface area contributed by atoms with Crippen LogP contribution < -0.4 is 0 Å². The van der Waals surface area contributed by atoms with E-state index in [2.05, 4.69) is 4.52 Å². The molecule has 1 unspecified atom stereocenters. The highest BCUT2D eigenvalue weighted by molar-refractivity contribution is 7.53. The first-order chi connectivity index (χ1) is 6.16. The molecule has 4 nitrogen and oxygen atoms in total. The Morgan fingerprint density at radius 3 is 2.29 bits per heavy atom. The third-order valence-electron chi connectivity index (χ3n) is 1.43. The maximum atomic E-state index is 11.3. The van der Waals surface area contributed by atoms with Crippen LogP contribution in [0.3, 0.4) is 0 Å². The molecule has 0 aliphatic carbocycles. The summed E-state index contributed by atoms with van der Waals surface area (Å²) >= 11 is 0. The molecule has 0 aliphatic rings. The number of hydrogen-bond donors (Lipinski definition) is 1. The van der Waals surface area contributed by atoms with Crippen molar-refractivity contribution in [1.29, 1.82) is 0 Å². The van der Waals surface area contributed by atoms with Crippen molar-refractivity contribution < 1.29 is 18.8 Å². The van der Waals surface area contributed by atoms with Crippen LogP contribution in [-0.2, 0) is 13.9 Å². The van der Waals surface area contributed by atoms with E-state index in [1.165, 1.54) is 0 Å². The molecule has 0 radical (unpaired) electrons. The second-order valence-electron chi connectivity index (χ2n) is 4.49. The van der Waals surface area contributed by atoms with E-state index in [4.69, 9.17) is 0 Å². The molecule has 0 aliphatic heterocycles. The highest BCUT2D eigenvalue weighted by Gasteiger charge is 2.26. The number of hydrogen-bond acceptors (Lipinski definition) is 3. The summed E-state index contributed by atoms with van der Waals surface area (Å²) in [7, 11) is -3.68. The number of Topliss-reactive ketones (excluding diaryl/α,β-unsaturated/α-hetero) is 1. The summed E-state index contributed by atoms with van der Waals surface area (Å²) in [6.07, 6.45) is -0.0806. The van der Waals surface area contributed by atoms with Gasteiger partial charge in [-0.3, -0.25) is 9.36 Å². The van der Waals surface area contributed by atoms with E-state index in [0.717, 1.165) is 0 Å². The quantitative estimate of drug-likeness (QED) is 0.724. The first-order valence-electron chi connectivity index (χ1n) is 4.64. The summed E-state index contributed by atoms with van der Waals surface area (Å²) < 4.78 is 15.8. The lowest BCUT2D eigenvalue weighted by Gasteiger charge is -2.17. The topological polar surface area (TPSA) is 63.6 Å². The normalized spacial score (nSPS) is 16.4. The fraction of sp³-hybridized carbons (Fsp3) is 0.889. The van der Waals surface area contributed by atoms with E-state index < -0.39 is 7.60 Å². The Morgan fingerprint density at radius 2 is 1.93 bits per heavy atom. The van der Waals surface area contributed by atoms with E-state index in [-0.39, 0.29) is 24.0 Å². The molecule has 5 heteroatoms. The van der Waals surface area contributed by atoms with Gasteiger partial charge < -0.3 is 9.42 Å². The summed E-state index contributed by atoms with van der Waals surface area (Å²) in [6, 6.07) is 0. The smallest absolute Gasteiger partial charge is 0.324 e. The van der Waals surface area contributed by atoms with Gasteiger partial charge in [-0.1, -0.05) is 20.8 Å². The van der Waals surface area contributed by atoms with Gasteiger partial charge in [-0.05, 0) is 12.3 Å². The third kappa shape index (κ3) is 7.25. The molecular weight excluding hydrogens is 203 g/mol. The van der Waals surface area contributed by atoms with Crippen molar-refractivity contribution in [2.24, 2.45) is 5.41 Å². The van der Waals surface area contributed by atoms with E-state index in [1.807, 2.05) is 20.8 Å². The molecular formula is C9H19O4P. The summed E-state index contributed by atoms with van der Waals surface area (Å²) in [6.45, 7) is 7.50. The van der Waals surface area contributed by atoms with Crippen LogP contribution >= 0.6 is 7.60 Å². The maximum absolute atomic E-state index is 11.3. The van der Waals surface area contributed by atoms with Crippen LogP contribution in [0.1, 0.15) is 34.1 Å². The molecule has 0 fully saturated rings. The number of ketones is 1. The number of carbonyl (C=O) groups is 1. The average Bonchev–Trinajstić information content (AvgIpc) is 1.78. The van der Waals surface area contributed by atoms with Crippen LogP contribution in [0.2, 0.25) is 0 Å². The van der Waals surface area contributed by atoms with Crippen molar-refractivity contribution in [3.63, 3.8) is 0 Å². The van der Waals surface area contributed by atoms with Crippen LogP contribution in [0.25, 0.3) is 0 Å². The summed E-state index contributed by atoms with van der Waals surface area (Å²) in [5.74, 6) is -0.225. The maximum Gasteiger partial charge on any atom is 0.335 e. The molecule has 0 saturated carbocycles. The number of carbonyl (C=O) groups excluding carboxylic acids is 1. The molecule has 0 heterocycles. The van der Waals surface area contributed by atoms with E-state index >= 15 is 0 Å². The van der Waals surface area contributed by atoms with Crippen LogP contribution in [-0.4, -0.2) is 23.4 Å². The van der Waals surface area contributed by atoms with Gasteiger partial charge in [0.2, 0.25) is 0 Å². The van der Waals surface area contributed by atoms with E-state index in [9.17, 15) is 14.3 Å². The fourth-order valence-electron chi connectivity index (χ4n) is 1.12. The van der Waals surface area contributed by atoms with Crippen molar-refractivity contribution in [2.45, 2.75) is 34.1 Å². The summed E-state index contributed by atoms with van der Waals surface area (Å²) in [5.41, 5.74) is -0.150. The van der Waals surface area contributed by atoms with Crippen LogP contribution in [0.4, 0.5) is 0 Å². The lowest BCUT2D eigenvalue weighted by molar-refractivity contribution is -0.118. The van der Waals surface area contributed by atoms with Gasteiger partial charge in [0.15, 0.2) is 0 Å². The zero-order valence-corrected chi connectivity index (χ0v) is 10.1. The molecule has 0 bridgehead atoms. The minimum atomic E-state index is -3.68. The molecule has 1 N–H and O–H groups in total. The molecule has 0 rings (SSSR count). The van der Waals surface area contributed by atoms with Gasteiger partial charge in [-0.15, -0.1) is 0 Å². The highest BCUT2D eigenvalue weighted by Crippen LogP contribution is 2.42. The fourth-order valence-corrected chi connectivity index (χ4v) is 2.17. The van der Waals surface area contributed by atoms with Crippen molar-refractivity contribution in [3.05, 3.63) is 0 Å². The average molecular weight is 222 g/mol. The molecule has 0 aromatic heterocycles. The van der Waals surface area contributed by atoms with Gasteiger partial charge in [0, 0.05) is 6.42 Å². The Balaban J connectivity index is 4.13. The Morgan fingerprint density at radius 1 is 1.43 bits per heavy atom. The molecule has 0 amide bonds. The molecule has 0 aromatic rings. The van der Waals surface area contributed by atoms with Crippen molar-refractivity contribution in [2.75, 3.05) is 12.8 Å². The van der Waals surface area contributed by atoms with Gasteiger partial charge in [-0.25, -0.2) is 0 Å². The zero-order valence-electron chi connectivity index (χ0n) is 9.24. The van der Waals surface area contributed by atoms with Crippen molar-refractivity contribution >= 4 is 13.4 Å². The molecule has 0 spiro atoms. The largest absolute Gasteiger partial charge is 0.335 e. The first kappa shape index (κ1) is 13.8. The summed E-state index contributed by atoms with van der Waals surface area (Å²) in [4.78, 5) is 20.5. The van der Waals surface area contributed by atoms with Gasteiger partial charge in [0.05, 0.1) is 6.61 Å². The van der Waals surface area contributed by atoms with Crippen LogP contribution in [0.5, 0.6) is 0 Å². The molecule has 0 saturated heterocycles. The molecule has 1 atom stereocenters. The second kappa shape index (κ2) is 5.06. The first-order valence-corrected chi connectivity index (χ1v) is 6.40. The minimum absolute atomic E-state index is 0.149. The Bertz CT molecular complexity index is 242. The van der Waals surface area contributed by atoms with E-state index in [1.54, 1.807) is 6.92 Å². The van der Waals surface area contributed by atoms with Gasteiger partial charge in [0.25, 0.3) is 0 Å². The highest BCUT2D eigenvalue weighted by atomic mass is 31.2. The van der Waals surface area contributed by atoms with Crippen LogP contribution in [0, 0.1) is 5.41 Å². The molecule has 14 heavy (non-hydrogen) atoms. The lowest BCUT2D eigenvalue weighted by Crippen LogP contribution is -2.16. The van der Waals surface area contributed by atoms with Gasteiger partial charge >= 0.3 is 7.60 Å². The lowest BCUT2D eigenvalue weighted by atomic mass is 9.90. The second-order valence-corrected chi connectivity index (χ2v) is 6.34. The Labute approximate surface area is 85.2 Å². The molecule has 0 aromatic carbocycles. The number of rotatable bonds is 5. The van der Waals surface area contributed by atoms with Crippen LogP contribution in [0.15, 0.2) is 0 Å². The Hall–Kier alpha value is -0.180. The predicted molar refractivity (Wildman–Crippen MR) is 55.4 cm³/mol. The van der Waals surface area contributed by atoms with Crippen molar-refractivity contribution in [1.82, 2.24) is 0 Å². The minimum Gasteiger partial charge on any atom is -0.324 e.